The zero-order valence-electron chi connectivity index (χ0n) is 16.1. The van der Waals surface area contributed by atoms with Gasteiger partial charge in [0.25, 0.3) is 5.91 Å². The van der Waals surface area contributed by atoms with Gasteiger partial charge in [0.1, 0.15) is 5.75 Å². The minimum absolute atomic E-state index is 0.0689. The second kappa shape index (κ2) is 9.04. The van der Waals surface area contributed by atoms with E-state index in [1.54, 1.807) is 30.1 Å². The summed E-state index contributed by atoms with van der Waals surface area (Å²) in [5, 5.41) is 4.96. The lowest BCUT2D eigenvalue weighted by molar-refractivity contribution is -0.129. The van der Waals surface area contributed by atoms with Crippen LogP contribution in [0.2, 0.25) is 0 Å². The number of hydrogen-bond acceptors (Lipinski definition) is 3. The molecule has 1 N–H and O–H groups in total. The Kier molecular flexibility index (Phi) is 6.27. The molecule has 0 saturated heterocycles. The Bertz CT molecular complexity index is 979. The van der Waals surface area contributed by atoms with Crippen molar-refractivity contribution in [1.29, 1.82) is 0 Å². The quantitative estimate of drug-likeness (QED) is 0.685. The Morgan fingerprint density at radius 2 is 1.68 bits per heavy atom. The highest BCUT2D eigenvalue weighted by atomic mass is 16.5. The van der Waals surface area contributed by atoms with Gasteiger partial charge >= 0.3 is 0 Å². The van der Waals surface area contributed by atoms with Crippen LogP contribution in [-0.4, -0.2) is 36.9 Å². The van der Waals surface area contributed by atoms with E-state index in [0.717, 1.165) is 16.3 Å². The normalized spacial score (nSPS) is 10.5. The molecular weight excluding hydrogens is 352 g/mol. The van der Waals surface area contributed by atoms with Crippen LogP contribution in [0.4, 0.5) is 0 Å². The van der Waals surface area contributed by atoms with Crippen LogP contribution in [-0.2, 0) is 11.3 Å². The summed E-state index contributed by atoms with van der Waals surface area (Å²) in [7, 11) is 1.74. The fraction of sp³-hybridized carbons (Fsp3) is 0.217. The van der Waals surface area contributed by atoms with Crippen molar-refractivity contribution >= 4 is 22.6 Å². The van der Waals surface area contributed by atoms with Gasteiger partial charge in [-0.3, -0.25) is 9.59 Å². The Morgan fingerprint density at radius 1 is 0.964 bits per heavy atom. The van der Waals surface area contributed by atoms with Gasteiger partial charge in [0.05, 0.1) is 18.7 Å². The Hall–Kier alpha value is -3.34. The van der Waals surface area contributed by atoms with Gasteiger partial charge in [0.2, 0.25) is 5.91 Å². The summed E-state index contributed by atoms with van der Waals surface area (Å²) in [5.41, 5.74) is 1.50. The highest BCUT2D eigenvalue weighted by Gasteiger charge is 2.15. The van der Waals surface area contributed by atoms with Gasteiger partial charge < -0.3 is 15.0 Å². The molecule has 0 radical (unpaired) electrons. The molecule has 144 valence electrons. The Morgan fingerprint density at radius 3 is 2.50 bits per heavy atom. The van der Waals surface area contributed by atoms with Crippen LogP contribution in [0, 0.1) is 0 Å². The maximum Gasteiger partial charge on any atom is 0.255 e. The number of benzene rings is 3. The lowest BCUT2D eigenvalue weighted by Gasteiger charge is -2.19. The van der Waals surface area contributed by atoms with Crippen molar-refractivity contribution in [3.05, 3.63) is 77.9 Å². The molecular formula is C23H24N2O3. The SMILES string of the molecule is CCOc1ccccc1C(=O)NCC(=O)N(C)Cc1cccc2ccccc12. The first-order valence-electron chi connectivity index (χ1n) is 9.30. The first kappa shape index (κ1) is 19.4. The summed E-state index contributed by atoms with van der Waals surface area (Å²) < 4.78 is 5.48. The van der Waals surface area contributed by atoms with Gasteiger partial charge in [-0.2, -0.15) is 0 Å². The first-order chi connectivity index (χ1) is 13.6. The number of rotatable bonds is 7. The van der Waals surface area contributed by atoms with Gasteiger partial charge in [0, 0.05) is 13.6 Å². The van der Waals surface area contributed by atoms with Crippen molar-refractivity contribution in [1.82, 2.24) is 10.2 Å². The van der Waals surface area contributed by atoms with E-state index in [0.29, 0.717) is 24.5 Å². The van der Waals surface area contributed by atoms with E-state index in [9.17, 15) is 9.59 Å². The van der Waals surface area contributed by atoms with E-state index in [1.807, 2.05) is 37.3 Å². The van der Waals surface area contributed by atoms with E-state index in [2.05, 4.69) is 23.5 Å². The molecule has 28 heavy (non-hydrogen) atoms. The van der Waals surface area contributed by atoms with Crippen LogP contribution in [0.1, 0.15) is 22.8 Å². The molecule has 3 rings (SSSR count). The summed E-state index contributed by atoms with van der Waals surface area (Å²) in [6.45, 7) is 2.74. The molecule has 0 bridgehead atoms. The number of para-hydroxylation sites is 1. The predicted octanol–water partition coefficient (Wildman–Crippen LogP) is 3.63. The number of carbonyl (C=O) groups excluding carboxylic acids is 2. The molecule has 0 aliphatic carbocycles. The molecule has 5 nitrogen and oxygen atoms in total. The minimum Gasteiger partial charge on any atom is -0.493 e. The summed E-state index contributed by atoms with van der Waals surface area (Å²) in [4.78, 5) is 26.6. The monoisotopic (exact) mass is 376 g/mol. The third-order valence-corrected chi connectivity index (χ3v) is 4.54. The molecule has 0 aliphatic rings. The van der Waals surface area contributed by atoms with E-state index in [1.165, 1.54) is 0 Å². The molecule has 2 amide bonds. The smallest absolute Gasteiger partial charge is 0.255 e. The van der Waals surface area contributed by atoms with Gasteiger partial charge in [-0.05, 0) is 35.4 Å². The lowest BCUT2D eigenvalue weighted by Crippen LogP contribution is -2.38. The lowest BCUT2D eigenvalue weighted by atomic mass is 10.0. The molecule has 0 spiro atoms. The van der Waals surface area contributed by atoms with Crippen molar-refractivity contribution in [3.8, 4) is 5.75 Å². The molecule has 0 heterocycles. The Labute approximate surface area is 164 Å². The number of ether oxygens (including phenoxy) is 1. The number of amides is 2. The minimum atomic E-state index is -0.323. The van der Waals surface area contributed by atoms with Crippen molar-refractivity contribution in [2.45, 2.75) is 13.5 Å². The fourth-order valence-corrected chi connectivity index (χ4v) is 3.10. The first-order valence-corrected chi connectivity index (χ1v) is 9.30. The van der Waals surface area contributed by atoms with E-state index < -0.39 is 0 Å². The molecule has 3 aromatic carbocycles. The molecule has 0 fully saturated rings. The molecule has 0 unspecified atom stereocenters. The molecule has 0 saturated carbocycles. The predicted molar refractivity (Wildman–Crippen MR) is 110 cm³/mol. The van der Waals surface area contributed by atoms with Gasteiger partial charge in [-0.25, -0.2) is 0 Å². The van der Waals surface area contributed by atoms with Gasteiger partial charge in [-0.15, -0.1) is 0 Å². The van der Waals surface area contributed by atoms with Crippen LogP contribution in [0.5, 0.6) is 5.75 Å². The van der Waals surface area contributed by atoms with Crippen molar-refractivity contribution < 1.29 is 14.3 Å². The largest absolute Gasteiger partial charge is 0.493 e. The zero-order chi connectivity index (χ0) is 19.9. The second-order valence-electron chi connectivity index (χ2n) is 6.50. The van der Waals surface area contributed by atoms with Crippen molar-refractivity contribution in [2.75, 3.05) is 20.2 Å². The van der Waals surface area contributed by atoms with Crippen molar-refractivity contribution in [2.24, 2.45) is 0 Å². The summed E-state index contributed by atoms with van der Waals surface area (Å²) >= 11 is 0. The highest BCUT2D eigenvalue weighted by molar-refractivity contribution is 5.98. The summed E-state index contributed by atoms with van der Waals surface area (Å²) in [6.07, 6.45) is 0. The third-order valence-electron chi connectivity index (χ3n) is 4.54. The van der Waals surface area contributed by atoms with E-state index in [-0.39, 0.29) is 18.4 Å². The highest BCUT2D eigenvalue weighted by Crippen LogP contribution is 2.20. The molecule has 0 atom stereocenters. The van der Waals surface area contributed by atoms with Crippen molar-refractivity contribution in [3.63, 3.8) is 0 Å². The van der Waals surface area contributed by atoms with Crippen LogP contribution in [0.15, 0.2) is 66.7 Å². The maximum absolute atomic E-state index is 12.5. The number of likely N-dealkylation sites (N-methyl/N-ethyl adjacent to an activating group) is 1. The summed E-state index contributed by atoms with van der Waals surface area (Å²) in [6, 6.07) is 21.2. The van der Waals surface area contributed by atoms with Crippen LogP contribution in [0.3, 0.4) is 0 Å². The second-order valence-corrected chi connectivity index (χ2v) is 6.50. The number of fused-ring (bicyclic) bond motifs is 1. The van der Waals surface area contributed by atoms with Gasteiger partial charge in [0.15, 0.2) is 0 Å². The maximum atomic E-state index is 12.5. The zero-order valence-corrected chi connectivity index (χ0v) is 16.1. The topological polar surface area (TPSA) is 58.6 Å². The molecule has 0 aliphatic heterocycles. The standard InChI is InChI=1S/C23H24N2O3/c1-3-28-21-14-7-6-13-20(21)23(27)24-15-22(26)25(2)16-18-11-8-10-17-9-4-5-12-19(17)18/h4-14H,3,15-16H2,1-2H3,(H,24,27). The fourth-order valence-electron chi connectivity index (χ4n) is 3.10. The number of nitrogens with zero attached hydrogens (tertiary/aromatic N) is 1. The summed E-state index contributed by atoms with van der Waals surface area (Å²) in [5.74, 6) is 0.0326. The Balaban J connectivity index is 1.62. The van der Waals surface area contributed by atoms with Crippen LogP contribution < -0.4 is 10.1 Å². The molecule has 3 aromatic rings. The average Bonchev–Trinajstić information content (AvgIpc) is 2.72. The molecule has 5 heteroatoms. The van der Waals surface area contributed by atoms with Crippen LogP contribution in [0.25, 0.3) is 10.8 Å². The van der Waals surface area contributed by atoms with Crippen LogP contribution >= 0.6 is 0 Å². The van der Waals surface area contributed by atoms with Gasteiger partial charge in [-0.1, -0.05) is 54.6 Å². The average molecular weight is 376 g/mol. The molecule has 0 aromatic heterocycles. The number of nitrogens with one attached hydrogen (secondary N) is 1. The third kappa shape index (κ3) is 4.49. The number of carbonyl (C=O) groups is 2. The van der Waals surface area contributed by atoms with E-state index >= 15 is 0 Å². The number of hydrogen-bond donors (Lipinski definition) is 1. The van der Waals surface area contributed by atoms with E-state index in [4.69, 9.17) is 4.74 Å².